The van der Waals surface area contributed by atoms with Crippen molar-refractivity contribution in [1.82, 2.24) is 4.98 Å². The molecule has 0 saturated carbocycles. The summed E-state index contributed by atoms with van der Waals surface area (Å²) >= 11 is 0. The van der Waals surface area contributed by atoms with Crippen LogP contribution in [0.1, 0.15) is 54.7 Å². The number of benzene rings is 1. The molecule has 1 aromatic carbocycles. The molecular formula is C16H21N3O3. The van der Waals surface area contributed by atoms with Crippen molar-refractivity contribution in [1.29, 1.82) is 0 Å². The number of aromatic nitrogens is 1. The average molecular weight is 303 g/mol. The van der Waals surface area contributed by atoms with Gasteiger partial charge in [-0.1, -0.05) is 26.0 Å². The number of amides is 1. The van der Waals surface area contributed by atoms with Gasteiger partial charge in [-0.05, 0) is 30.5 Å². The molecule has 4 N–H and O–H groups in total. The van der Waals surface area contributed by atoms with E-state index in [1.165, 1.54) is 18.8 Å². The molecule has 22 heavy (non-hydrogen) atoms. The minimum atomic E-state index is -0.807. The van der Waals surface area contributed by atoms with Crippen LogP contribution < -0.4 is 11.1 Å². The maximum Gasteiger partial charge on any atom is 0.277 e. The van der Waals surface area contributed by atoms with Gasteiger partial charge in [0.05, 0.1) is 6.10 Å². The number of hydrogen-bond donors (Lipinski definition) is 3. The number of nitrogens with zero attached hydrogens (tertiary/aromatic N) is 1. The van der Waals surface area contributed by atoms with Gasteiger partial charge in [0.1, 0.15) is 12.3 Å². The van der Waals surface area contributed by atoms with Crippen LogP contribution in [0.2, 0.25) is 0 Å². The fraction of sp³-hybridized carbons (Fsp3) is 0.375. The van der Waals surface area contributed by atoms with Crippen LogP contribution in [0.4, 0.5) is 5.69 Å². The molecule has 0 aliphatic heterocycles. The molecule has 0 aliphatic carbocycles. The van der Waals surface area contributed by atoms with Gasteiger partial charge in [-0.2, -0.15) is 0 Å². The first-order chi connectivity index (χ1) is 10.4. The highest BCUT2D eigenvalue weighted by Crippen LogP contribution is 2.18. The summed E-state index contributed by atoms with van der Waals surface area (Å²) in [4.78, 5) is 16.1. The predicted octanol–water partition coefficient (Wildman–Crippen LogP) is 2.43. The first-order valence-corrected chi connectivity index (χ1v) is 7.19. The molecule has 1 heterocycles. The van der Waals surface area contributed by atoms with Crippen LogP contribution in [0.5, 0.6) is 0 Å². The van der Waals surface area contributed by atoms with E-state index in [-0.39, 0.29) is 17.5 Å². The van der Waals surface area contributed by atoms with E-state index in [9.17, 15) is 9.90 Å². The Hall–Kier alpha value is -2.18. The third-order valence-corrected chi connectivity index (χ3v) is 3.39. The van der Waals surface area contributed by atoms with Crippen LogP contribution in [0, 0.1) is 0 Å². The summed E-state index contributed by atoms with van der Waals surface area (Å²) in [7, 11) is 0. The number of aliphatic hydroxyl groups is 1. The molecule has 0 spiro atoms. The van der Waals surface area contributed by atoms with Crippen molar-refractivity contribution in [3.8, 4) is 0 Å². The summed E-state index contributed by atoms with van der Waals surface area (Å²) in [6.07, 6.45) is 0.424. The zero-order chi connectivity index (χ0) is 16.3. The molecule has 0 bridgehead atoms. The van der Waals surface area contributed by atoms with Crippen LogP contribution in [-0.4, -0.2) is 22.1 Å². The van der Waals surface area contributed by atoms with Gasteiger partial charge in [0.2, 0.25) is 5.89 Å². The molecule has 1 aromatic heterocycles. The summed E-state index contributed by atoms with van der Waals surface area (Å²) in [5.74, 6) is 0.185. The van der Waals surface area contributed by atoms with Crippen LogP contribution >= 0.6 is 0 Å². The summed E-state index contributed by atoms with van der Waals surface area (Å²) in [5.41, 5.74) is 7.71. The number of anilines is 1. The second-order valence-electron chi connectivity index (χ2n) is 5.57. The SMILES string of the molecule is CC(C)c1ccc(NC(=O)c2coc(C(N)C(C)O)n2)cc1. The molecule has 1 amide bonds. The second kappa shape index (κ2) is 6.72. The van der Waals surface area contributed by atoms with Gasteiger partial charge in [0, 0.05) is 5.69 Å². The Kier molecular flexibility index (Phi) is 4.95. The fourth-order valence-corrected chi connectivity index (χ4v) is 1.90. The number of carbonyl (C=O) groups excluding carboxylic acids is 1. The van der Waals surface area contributed by atoms with Gasteiger partial charge in [0.25, 0.3) is 5.91 Å². The number of rotatable bonds is 5. The number of oxazole rings is 1. The second-order valence-corrected chi connectivity index (χ2v) is 5.57. The highest BCUT2D eigenvalue weighted by Gasteiger charge is 2.20. The third-order valence-electron chi connectivity index (χ3n) is 3.39. The number of nitrogens with two attached hydrogens (primary N) is 1. The number of nitrogens with one attached hydrogen (secondary N) is 1. The maximum absolute atomic E-state index is 12.1. The molecule has 0 fully saturated rings. The van der Waals surface area contributed by atoms with E-state index < -0.39 is 12.1 Å². The van der Waals surface area contributed by atoms with Crippen molar-refractivity contribution in [2.45, 2.75) is 38.8 Å². The number of hydrogen-bond acceptors (Lipinski definition) is 5. The van der Waals surface area contributed by atoms with Gasteiger partial charge >= 0.3 is 0 Å². The highest BCUT2D eigenvalue weighted by molar-refractivity contribution is 6.02. The van der Waals surface area contributed by atoms with E-state index in [0.717, 1.165) is 0 Å². The minimum Gasteiger partial charge on any atom is -0.446 e. The monoisotopic (exact) mass is 303 g/mol. The van der Waals surface area contributed by atoms with Crippen molar-refractivity contribution >= 4 is 11.6 Å². The molecule has 0 saturated heterocycles. The Balaban J connectivity index is 2.06. The van der Waals surface area contributed by atoms with Crippen molar-refractivity contribution in [3.63, 3.8) is 0 Å². The largest absolute Gasteiger partial charge is 0.446 e. The summed E-state index contributed by atoms with van der Waals surface area (Å²) < 4.78 is 5.14. The Morgan fingerprint density at radius 1 is 1.27 bits per heavy atom. The van der Waals surface area contributed by atoms with E-state index in [0.29, 0.717) is 11.6 Å². The molecule has 118 valence electrons. The van der Waals surface area contributed by atoms with Gasteiger partial charge in [-0.15, -0.1) is 0 Å². The lowest BCUT2D eigenvalue weighted by Gasteiger charge is -2.09. The molecule has 2 aromatic rings. The quantitative estimate of drug-likeness (QED) is 0.787. The summed E-state index contributed by atoms with van der Waals surface area (Å²) in [6, 6.07) is 6.87. The molecule has 6 nitrogen and oxygen atoms in total. The molecule has 2 atom stereocenters. The van der Waals surface area contributed by atoms with Gasteiger partial charge in [-0.3, -0.25) is 4.79 Å². The molecule has 2 unspecified atom stereocenters. The predicted molar refractivity (Wildman–Crippen MR) is 83.6 cm³/mol. The van der Waals surface area contributed by atoms with E-state index >= 15 is 0 Å². The van der Waals surface area contributed by atoms with E-state index in [2.05, 4.69) is 24.1 Å². The summed E-state index contributed by atoms with van der Waals surface area (Å²) in [6.45, 7) is 5.75. The lowest BCUT2D eigenvalue weighted by atomic mass is 10.0. The Morgan fingerprint density at radius 2 is 1.91 bits per heavy atom. The average Bonchev–Trinajstić information content (AvgIpc) is 2.96. The van der Waals surface area contributed by atoms with Gasteiger partial charge < -0.3 is 20.6 Å². The van der Waals surface area contributed by atoms with E-state index in [1.54, 1.807) is 0 Å². The topological polar surface area (TPSA) is 101 Å². The normalized spacial score (nSPS) is 13.9. The molecule has 0 radical (unpaired) electrons. The van der Waals surface area contributed by atoms with Crippen molar-refractivity contribution in [2.75, 3.05) is 5.32 Å². The van der Waals surface area contributed by atoms with E-state index in [1.807, 2.05) is 24.3 Å². The molecular weight excluding hydrogens is 282 g/mol. The van der Waals surface area contributed by atoms with Gasteiger partial charge in [-0.25, -0.2) is 4.98 Å². The van der Waals surface area contributed by atoms with Crippen molar-refractivity contribution in [2.24, 2.45) is 5.73 Å². The zero-order valence-corrected chi connectivity index (χ0v) is 12.9. The third kappa shape index (κ3) is 3.72. The fourth-order valence-electron chi connectivity index (χ4n) is 1.90. The molecule has 6 heteroatoms. The first kappa shape index (κ1) is 16.2. The lowest BCUT2D eigenvalue weighted by Crippen LogP contribution is -2.23. The van der Waals surface area contributed by atoms with Crippen LogP contribution in [0.3, 0.4) is 0 Å². The Labute approximate surface area is 129 Å². The van der Waals surface area contributed by atoms with Crippen LogP contribution in [-0.2, 0) is 0 Å². The number of aliphatic hydroxyl groups excluding tert-OH is 1. The Morgan fingerprint density at radius 3 is 2.45 bits per heavy atom. The van der Waals surface area contributed by atoms with Crippen LogP contribution in [0.25, 0.3) is 0 Å². The van der Waals surface area contributed by atoms with Crippen LogP contribution in [0.15, 0.2) is 34.9 Å². The molecule has 0 aliphatic rings. The van der Waals surface area contributed by atoms with Gasteiger partial charge in [0.15, 0.2) is 5.69 Å². The standard InChI is InChI=1S/C16H21N3O3/c1-9(2)11-4-6-12(7-5-11)18-15(21)13-8-22-16(19-13)14(17)10(3)20/h4-10,14,20H,17H2,1-3H3,(H,18,21). The smallest absolute Gasteiger partial charge is 0.277 e. The lowest BCUT2D eigenvalue weighted by molar-refractivity contribution is 0.102. The van der Waals surface area contributed by atoms with Crippen molar-refractivity contribution in [3.05, 3.63) is 47.7 Å². The zero-order valence-electron chi connectivity index (χ0n) is 12.9. The maximum atomic E-state index is 12.1. The van der Waals surface area contributed by atoms with E-state index in [4.69, 9.17) is 10.2 Å². The minimum absolute atomic E-state index is 0.124. The Bertz CT molecular complexity index is 632. The van der Waals surface area contributed by atoms with Crippen molar-refractivity contribution < 1.29 is 14.3 Å². The molecule has 2 rings (SSSR count). The first-order valence-electron chi connectivity index (χ1n) is 7.19. The highest BCUT2D eigenvalue weighted by atomic mass is 16.3. The summed E-state index contributed by atoms with van der Waals surface area (Å²) in [5, 5.41) is 12.1. The number of carbonyl (C=O) groups is 1.